The first-order valence-electron chi connectivity index (χ1n) is 5.48. The highest BCUT2D eigenvalue weighted by atomic mass is 16.5. The van der Waals surface area contributed by atoms with Gasteiger partial charge in [0.15, 0.2) is 0 Å². The van der Waals surface area contributed by atoms with E-state index in [1.807, 2.05) is 12.1 Å². The van der Waals surface area contributed by atoms with Gasteiger partial charge in [0.2, 0.25) is 6.08 Å². The molecule has 0 heterocycles. The summed E-state index contributed by atoms with van der Waals surface area (Å²) in [6, 6.07) is 8.24. The molecule has 0 bridgehead atoms. The zero-order valence-corrected chi connectivity index (χ0v) is 9.40. The maximum atomic E-state index is 10.4. The first-order valence-corrected chi connectivity index (χ1v) is 5.48. The minimum atomic E-state index is -0.259. The molecule has 0 aliphatic heterocycles. The first-order chi connectivity index (χ1) is 7.80. The number of carbonyl (C=O) groups excluding carboxylic acids is 1. The molecule has 2 rings (SSSR count). The van der Waals surface area contributed by atoms with Crippen molar-refractivity contribution in [3.63, 3.8) is 0 Å². The van der Waals surface area contributed by atoms with E-state index in [1.165, 1.54) is 5.56 Å². The van der Waals surface area contributed by atoms with Crippen molar-refractivity contribution in [3.8, 4) is 0 Å². The van der Waals surface area contributed by atoms with Crippen molar-refractivity contribution >= 4 is 6.08 Å². The Kier molecular flexibility index (Phi) is 3.18. The summed E-state index contributed by atoms with van der Waals surface area (Å²) in [5.41, 5.74) is 2.10. The van der Waals surface area contributed by atoms with Crippen LogP contribution in [0, 0.1) is 0 Å². The van der Waals surface area contributed by atoms with Crippen molar-refractivity contribution in [3.05, 3.63) is 35.4 Å². The lowest BCUT2D eigenvalue weighted by atomic mass is 10.0. The second-order valence-electron chi connectivity index (χ2n) is 4.18. The lowest BCUT2D eigenvalue weighted by Gasteiger charge is -2.09. The SMILES string of the molecule is COCCc1cccc(C2(N=C=O)CC2)c1. The average Bonchev–Trinajstić information content (AvgIpc) is 3.08. The monoisotopic (exact) mass is 217 g/mol. The van der Waals surface area contributed by atoms with Crippen LogP contribution in [0.3, 0.4) is 0 Å². The predicted molar refractivity (Wildman–Crippen MR) is 61.1 cm³/mol. The van der Waals surface area contributed by atoms with Gasteiger partial charge in [0.05, 0.1) is 12.1 Å². The van der Waals surface area contributed by atoms with Gasteiger partial charge in [-0.1, -0.05) is 24.3 Å². The number of hydrogen-bond donors (Lipinski definition) is 0. The van der Waals surface area contributed by atoms with E-state index < -0.39 is 0 Å². The minimum Gasteiger partial charge on any atom is -0.384 e. The lowest BCUT2D eigenvalue weighted by molar-refractivity contribution is 0.202. The predicted octanol–water partition coefficient (Wildman–Crippen LogP) is 2.20. The van der Waals surface area contributed by atoms with Gasteiger partial charge < -0.3 is 4.74 Å². The second-order valence-corrected chi connectivity index (χ2v) is 4.18. The molecule has 0 radical (unpaired) electrons. The molecule has 1 aliphatic rings. The van der Waals surface area contributed by atoms with Crippen molar-refractivity contribution in [1.29, 1.82) is 0 Å². The molecule has 1 saturated carbocycles. The van der Waals surface area contributed by atoms with Gasteiger partial charge in [-0.05, 0) is 30.4 Å². The molecule has 1 aromatic rings. The van der Waals surface area contributed by atoms with Crippen LogP contribution in [0.5, 0.6) is 0 Å². The summed E-state index contributed by atoms with van der Waals surface area (Å²) in [6.45, 7) is 0.716. The van der Waals surface area contributed by atoms with Crippen LogP contribution in [0.15, 0.2) is 29.3 Å². The van der Waals surface area contributed by atoms with Crippen LogP contribution in [-0.4, -0.2) is 19.8 Å². The van der Waals surface area contributed by atoms with Crippen molar-refractivity contribution in [2.24, 2.45) is 4.99 Å². The van der Waals surface area contributed by atoms with Gasteiger partial charge in [-0.25, -0.2) is 4.79 Å². The molecule has 0 aromatic heterocycles. The molecule has 3 heteroatoms. The Morgan fingerprint density at radius 2 is 2.31 bits per heavy atom. The highest BCUT2D eigenvalue weighted by molar-refractivity contribution is 5.42. The Labute approximate surface area is 95.2 Å². The topological polar surface area (TPSA) is 38.7 Å². The van der Waals surface area contributed by atoms with Crippen LogP contribution in [0.2, 0.25) is 0 Å². The molecule has 3 nitrogen and oxygen atoms in total. The normalized spacial score (nSPS) is 16.6. The second kappa shape index (κ2) is 4.60. The van der Waals surface area contributed by atoms with Crippen LogP contribution in [-0.2, 0) is 21.5 Å². The van der Waals surface area contributed by atoms with E-state index in [2.05, 4.69) is 17.1 Å². The third kappa shape index (κ3) is 2.21. The van der Waals surface area contributed by atoms with E-state index in [0.717, 1.165) is 24.8 Å². The fourth-order valence-electron chi connectivity index (χ4n) is 1.91. The van der Waals surface area contributed by atoms with Gasteiger partial charge in [0.1, 0.15) is 0 Å². The zero-order valence-electron chi connectivity index (χ0n) is 9.40. The molecule has 0 spiro atoms. The standard InChI is InChI=1S/C13H15NO2/c1-16-8-5-11-3-2-4-12(9-11)13(6-7-13)14-10-15/h2-4,9H,5-8H2,1H3. The highest BCUT2D eigenvalue weighted by Crippen LogP contribution is 2.49. The van der Waals surface area contributed by atoms with E-state index in [1.54, 1.807) is 13.2 Å². The third-order valence-corrected chi connectivity index (χ3v) is 3.04. The van der Waals surface area contributed by atoms with Crippen molar-refractivity contribution < 1.29 is 9.53 Å². The number of nitrogens with zero attached hydrogens (tertiary/aromatic N) is 1. The molecule has 0 unspecified atom stereocenters. The molecular weight excluding hydrogens is 202 g/mol. The van der Waals surface area contributed by atoms with E-state index in [9.17, 15) is 4.79 Å². The van der Waals surface area contributed by atoms with Gasteiger partial charge >= 0.3 is 0 Å². The number of methoxy groups -OCH3 is 1. The first kappa shape index (κ1) is 11.1. The number of isocyanates is 1. The number of benzene rings is 1. The highest BCUT2D eigenvalue weighted by Gasteiger charge is 2.44. The molecule has 16 heavy (non-hydrogen) atoms. The quantitative estimate of drug-likeness (QED) is 0.560. The zero-order chi connectivity index (χ0) is 11.4. The Morgan fingerprint density at radius 1 is 1.50 bits per heavy atom. The largest absolute Gasteiger partial charge is 0.384 e. The molecule has 1 fully saturated rings. The summed E-state index contributed by atoms with van der Waals surface area (Å²) in [5, 5.41) is 0. The fourth-order valence-corrected chi connectivity index (χ4v) is 1.91. The summed E-state index contributed by atoms with van der Waals surface area (Å²) < 4.78 is 5.05. The fraction of sp³-hybridized carbons (Fsp3) is 0.462. The minimum absolute atomic E-state index is 0.259. The number of aliphatic imine (C=N–C) groups is 1. The van der Waals surface area contributed by atoms with Gasteiger partial charge in [0.25, 0.3) is 0 Å². The number of hydrogen-bond acceptors (Lipinski definition) is 3. The maximum Gasteiger partial charge on any atom is 0.235 e. The number of ether oxygens (including phenoxy) is 1. The molecule has 1 aliphatic carbocycles. The molecule has 84 valence electrons. The van der Waals surface area contributed by atoms with Gasteiger partial charge in [-0.15, -0.1) is 0 Å². The molecule has 0 amide bonds. The Morgan fingerprint density at radius 3 is 2.94 bits per heavy atom. The smallest absolute Gasteiger partial charge is 0.235 e. The van der Waals surface area contributed by atoms with E-state index >= 15 is 0 Å². The molecular formula is C13H15NO2. The number of rotatable bonds is 5. The van der Waals surface area contributed by atoms with E-state index in [-0.39, 0.29) is 5.54 Å². The summed E-state index contributed by atoms with van der Waals surface area (Å²) in [6.07, 6.45) is 4.48. The van der Waals surface area contributed by atoms with E-state index in [0.29, 0.717) is 6.61 Å². The summed E-state index contributed by atoms with van der Waals surface area (Å²) >= 11 is 0. The Balaban J connectivity index is 2.19. The third-order valence-electron chi connectivity index (χ3n) is 3.04. The van der Waals surface area contributed by atoms with Crippen LogP contribution in [0.25, 0.3) is 0 Å². The van der Waals surface area contributed by atoms with Gasteiger partial charge in [-0.3, -0.25) is 0 Å². The Hall–Kier alpha value is -1.44. The summed E-state index contributed by atoms with van der Waals surface area (Å²) in [4.78, 5) is 14.3. The molecule has 0 saturated heterocycles. The maximum absolute atomic E-state index is 10.4. The summed E-state index contributed by atoms with van der Waals surface area (Å²) in [7, 11) is 1.70. The molecule has 0 N–H and O–H groups in total. The van der Waals surface area contributed by atoms with Crippen LogP contribution < -0.4 is 0 Å². The van der Waals surface area contributed by atoms with Crippen LogP contribution in [0.4, 0.5) is 0 Å². The van der Waals surface area contributed by atoms with Crippen LogP contribution in [0.1, 0.15) is 24.0 Å². The Bertz CT molecular complexity index is 418. The molecule has 0 atom stereocenters. The van der Waals surface area contributed by atoms with E-state index in [4.69, 9.17) is 4.74 Å². The van der Waals surface area contributed by atoms with Gasteiger partial charge in [-0.2, -0.15) is 4.99 Å². The molecule has 1 aromatic carbocycles. The van der Waals surface area contributed by atoms with Gasteiger partial charge in [0, 0.05) is 7.11 Å². The van der Waals surface area contributed by atoms with Crippen molar-refractivity contribution in [2.45, 2.75) is 24.8 Å². The van der Waals surface area contributed by atoms with Crippen molar-refractivity contribution in [2.75, 3.05) is 13.7 Å². The van der Waals surface area contributed by atoms with Crippen molar-refractivity contribution in [1.82, 2.24) is 0 Å². The van der Waals surface area contributed by atoms with Crippen LogP contribution >= 0.6 is 0 Å². The summed E-state index contributed by atoms with van der Waals surface area (Å²) in [5.74, 6) is 0. The average molecular weight is 217 g/mol. The lowest BCUT2D eigenvalue weighted by Crippen LogP contribution is -2.03.